The Morgan fingerprint density at radius 2 is 1.70 bits per heavy atom. The topological polar surface area (TPSA) is 88.9 Å². The van der Waals surface area contributed by atoms with E-state index < -0.39 is 5.97 Å². The molecule has 0 radical (unpaired) electrons. The van der Waals surface area contributed by atoms with Crippen LogP contribution in [0.5, 0.6) is 17.2 Å². The molecule has 0 atom stereocenters. The van der Waals surface area contributed by atoms with Gasteiger partial charge in [-0.3, -0.25) is 9.48 Å². The van der Waals surface area contributed by atoms with E-state index in [1.807, 2.05) is 24.3 Å². The van der Waals surface area contributed by atoms with Crippen LogP contribution in [0.3, 0.4) is 0 Å². The standard InChI is InChI=1S/C22H22N2O6/c1-24-19(22(26)28-3)11-16(23-24)14-30-21-6-4-5-20(18(21)12-25)29-13-15-7-9-17(27-2)10-8-15/h4-12H,13-14H2,1-3H3. The molecule has 2 aromatic carbocycles. The van der Waals surface area contributed by atoms with E-state index in [1.165, 1.54) is 11.8 Å². The number of hydrogen-bond acceptors (Lipinski definition) is 7. The quantitative estimate of drug-likeness (QED) is 0.395. The predicted molar refractivity (Wildman–Crippen MR) is 108 cm³/mol. The first-order chi connectivity index (χ1) is 14.5. The molecule has 0 fully saturated rings. The summed E-state index contributed by atoms with van der Waals surface area (Å²) < 4.78 is 22.8. The second-order valence-electron chi connectivity index (χ2n) is 6.35. The van der Waals surface area contributed by atoms with Crippen LogP contribution in [-0.2, 0) is 25.0 Å². The molecule has 0 aliphatic heterocycles. The first-order valence-corrected chi connectivity index (χ1v) is 9.13. The van der Waals surface area contributed by atoms with Gasteiger partial charge in [0.05, 0.1) is 19.8 Å². The fourth-order valence-corrected chi connectivity index (χ4v) is 2.82. The van der Waals surface area contributed by atoms with E-state index in [4.69, 9.17) is 18.9 Å². The minimum absolute atomic E-state index is 0.0770. The zero-order chi connectivity index (χ0) is 21.5. The van der Waals surface area contributed by atoms with Gasteiger partial charge in [-0.25, -0.2) is 4.79 Å². The molecule has 8 heteroatoms. The van der Waals surface area contributed by atoms with E-state index in [9.17, 15) is 9.59 Å². The molecule has 0 aliphatic carbocycles. The largest absolute Gasteiger partial charge is 0.497 e. The highest BCUT2D eigenvalue weighted by molar-refractivity contribution is 5.87. The molecule has 1 heterocycles. The molecule has 1 aromatic heterocycles. The number of nitrogens with zero attached hydrogens (tertiary/aromatic N) is 2. The van der Waals surface area contributed by atoms with Crippen molar-refractivity contribution >= 4 is 12.3 Å². The van der Waals surface area contributed by atoms with Gasteiger partial charge in [-0.2, -0.15) is 5.10 Å². The van der Waals surface area contributed by atoms with Crippen LogP contribution in [0, 0.1) is 0 Å². The highest BCUT2D eigenvalue weighted by atomic mass is 16.5. The number of rotatable bonds is 9. The summed E-state index contributed by atoms with van der Waals surface area (Å²) in [5, 5.41) is 4.22. The lowest BCUT2D eigenvalue weighted by Gasteiger charge is -2.13. The van der Waals surface area contributed by atoms with Crippen LogP contribution in [-0.4, -0.2) is 36.3 Å². The number of aldehydes is 1. The first-order valence-electron chi connectivity index (χ1n) is 9.13. The van der Waals surface area contributed by atoms with Gasteiger partial charge < -0.3 is 18.9 Å². The van der Waals surface area contributed by atoms with Gasteiger partial charge in [0, 0.05) is 7.05 Å². The lowest BCUT2D eigenvalue weighted by molar-refractivity contribution is 0.0588. The van der Waals surface area contributed by atoms with Gasteiger partial charge in [0.15, 0.2) is 6.29 Å². The summed E-state index contributed by atoms with van der Waals surface area (Å²) in [5.74, 6) is 1.04. The molecule has 8 nitrogen and oxygen atoms in total. The minimum atomic E-state index is -0.487. The number of ether oxygens (including phenoxy) is 4. The predicted octanol–water partition coefficient (Wildman–Crippen LogP) is 3.19. The molecular weight excluding hydrogens is 388 g/mol. The maximum Gasteiger partial charge on any atom is 0.356 e. The van der Waals surface area contributed by atoms with E-state index >= 15 is 0 Å². The van der Waals surface area contributed by atoms with Gasteiger partial charge in [-0.15, -0.1) is 0 Å². The maximum atomic E-state index is 11.7. The normalized spacial score (nSPS) is 10.4. The Hall–Kier alpha value is -3.81. The van der Waals surface area contributed by atoms with Gasteiger partial charge in [-0.1, -0.05) is 18.2 Å². The number of esters is 1. The van der Waals surface area contributed by atoms with Gasteiger partial charge in [0.1, 0.15) is 41.9 Å². The van der Waals surface area contributed by atoms with Gasteiger partial charge in [0.25, 0.3) is 0 Å². The summed E-state index contributed by atoms with van der Waals surface area (Å²) in [4.78, 5) is 23.4. The molecule has 3 rings (SSSR count). The SMILES string of the molecule is COC(=O)c1cc(COc2cccc(OCc3ccc(OC)cc3)c2C=O)nn1C. The maximum absolute atomic E-state index is 11.7. The summed E-state index contributed by atoms with van der Waals surface area (Å²) in [6.07, 6.45) is 0.691. The lowest BCUT2D eigenvalue weighted by Crippen LogP contribution is -2.08. The highest BCUT2D eigenvalue weighted by Crippen LogP contribution is 2.28. The van der Waals surface area contributed by atoms with E-state index in [1.54, 1.807) is 38.4 Å². The third kappa shape index (κ3) is 4.78. The lowest BCUT2D eigenvalue weighted by atomic mass is 10.2. The van der Waals surface area contributed by atoms with Crippen molar-refractivity contribution in [2.75, 3.05) is 14.2 Å². The molecule has 156 valence electrons. The summed E-state index contributed by atoms with van der Waals surface area (Å²) in [5.41, 5.74) is 2.07. The van der Waals surface area contributed by atoms with E-state index in [2.05, 4.69) is 5.10 Å². The molecule has 0 spiro atoms. The Balaban J connectivity index is 1.70. The second kappa shape index (κ2) is 9.60. The minimum Gasteiger partial charge on any atom is -0.497 e. The summed E-state index contributed by atoms with van der Waals surface area (Å²) in [7, 11) is 4.55. The molecule has 0 bridgehead atoms. The number of aryl methyl sites for hydroxylation is 1. The highest BCUT2D eigenvalue weighted by Gasteiger charge is 2.15. The van der Waals surface area contributed by atoms with Gasteiger partial charge in [0.2, 0.25) is 0 Å². The molecule has 0 saturated heterocycles. The van der Waals surface area contributed by atoms with Crippen LogP contribution in [0.25, 0.3) is 0 Å². The van der Waals surface area contributed by atoms with Crippen LogP contribution in [0.1, 0.15) is 32.1 Å². The number of carbonyl (C=O) groups excluding carboxylic acids is 2. The number of hydrogen-bond donors (Lipinski definition) is 0. The second-order valence-corrected chi connectivity index (χ2v) is 6.35. The fourth-order valence-electron chi connectivity index (χ4n) is 2.82. The molecule has 0 amide bonds. The molecular formula is C22H22N2O6. The Bertz CT molecular complexity index is 1030. The summed E-state index contributed by atoms with van der Waals surface area (Å²) >= 11 is 0. The number of carbonyl (C=O) groups is 2. The number of benzene rings is 2. The van der Waals surface area contributed by atoms with Crippen molar-refractivity contribution in [3.05, 3.63) is 71.0 Å². The van der Waals surface area contributed by atoms with Crippen molar-refractivity contribution in [2.24, 2.45) is 7.05 Å². The zero-order valence-corrected chi connectivity index (χ0v) is 17.0. The molecule has 3 aromatic rings. The van der Waals surface area contributed by atoms with Crippen LogP contribution < -0.4 is 14.2 Å². The average molecular weight is 410 g/mol. The van der Waals surface area contributed by atoms with Crippen LogP contribution in [0.15, 0.2) is 48.5 Å². The average Bonchev–Trinajstić information content (AvgIpc) is 3.16. The number of methoxy groups -OCH3 is 2. The number of aromatic nitrogens is 2. The Labute approximate surface area is 173 Å². The summed E-state index contributed by atoms with van der Waals surface area (Å²) in [6.45, 7) is 0.366. The fraction of sp³-hybridized carbons (Fsp3) is 0.227. The van der Waals surface area contributed by atoms with E-state index in [0.29, 0.717) is 34.7 Å². The molecule has 0 saturated carbocycles. The van der Waals surface area contributed by atoms with E-state index in [-0.39, 0.29) is 13.2 Å². The Kier molecular flexibility index (Phi) is 6.69. The van der Waals surface area contributed by atoms with Crippen molar-refractivity contribution in [3.8, 4) is 17.2 Å². The van der Waals surface area contributed by atoms with Crippen molar-refractivity contribution in [1.82, 2.24) is 9.78 Å². The van der Waals surface area contributed by atoms with Crippen molar-refractivity contribution in [1.29, 1.82) is 0 Å². The van der Waals surface area contributed by atoms with Gasteiger partial charge >= 0.3 is 5.97 Å². The monoisotopic (exact) mass is 410 g/mol. The van der Waals surface area contributed by atoms with Crippen LogP contribution in [0.4, 0.5) is 0 Å². The molecule has 0 aliphatic rings. The van der Waals surface area contributed by atoms with Gasteiger partial charge in [-0.05, 0) is 35.9 Å². The van der Waals surface area contributed by atoms with Crippen molar-refractivity contribution in [3.63, 3.8) is 0 Å². The van der Waals surface area contributed by atoms with Crippen LogP contribution >= 0.6 is 0 Å². The first kappa shape index (κ1) is 20.9. The molecule has 30 heavy (non-hydrogen) atoms. The summed E-state index contributed by atoms with van der Waals surface area (Å²) in [6, 6.07) is 14.2. The van der Waals surface area contributed by atoms with E-state index in [0.717, 1.165) is 11.3 Å². The Morgan fingerprint density at radius 1 is 1.03 bits per heavy atom. The Morgan fingerprint density at radius 3 is 2.30 bits per heavy atom. The van der Waals surface area contributed by atoms with Crippen molar-refractivity contribution in [2.45, 2.75) is 13.2 Å². The zero-order valence-electron chi connectivity index (χ0n) is 17.0. The van der Waals surface area contributed by atoms with Crippen LogP contribution in [0.2, 0.25) is 0 Å². The third-order valence-corrected chi connectivity index (χ3v) is 4.40. The van der Waals surface area contributed by atoms with Crippen molar-refractivity contribution < 1.29 is 28.5 Å². The molecule has 0 N–H and O–H groups in total. The molecule has 0 unspecified atom stereocenters. The smallest absolute Gasteiger partial charge is 0.356 e. The third-order valence-electron chi connectivity index (χ3n) is 4.40.